The first-order chi connectivity index (χ1) is 12.4. The SMILES string of the molecule is CC(C)OC(=O)C(C(=O)OC(C)C)=C1c2ccccc2-c2ccccc21. The van der Waals surface area contributed by atoms with E-state index in [1.54, 1.807) is 27.7 Å². The number of carbonyl (C=O) groups excluding carboxylic acids is 2. The van der Waals surface area contributed by atoms with Gasteiger partial charge in [-0.05, 0) is 49.9 Å². The minimum Gasteiger partial charge on any atom is -0.459 e. The Labute approximate surface area is 153 Å². The highest BCUT2D eigenvalue weighted by molar-refractivity contribution is 6.24. The summed E-state index contributed by atoms with van der Waals surface area (Å²) in [6.07, 6.45) is -0.673. The number of hydrogen-bond donors (Lipinski definition) is 0. The van der Waals surface area contributed by atoms with Crippen LogP contribution in [0.15, 0.2) is 54.1 Å². The summed E-state index contributed by atoms with van der Waals surface area (Å²) >= 11 is 0. The largest absolute Gasteiger partial charge is 0.459 e. The zero-order valence-corrected chi connectivity index (χ0v) is 15.4. The van der Waals surface area contributed by atoms with Gasteiger partial charge in [-0.15, -0.1) is 0 Å². The molecule has 2 aromatic rings. The Morgan fingerprint density at radius 1 is 0.654 bits per heavy atom. The van der Waals surface area contributed by atoms with Crippen molar-refractivity contribution in [3.63, 3.8) is 0 Å². The van der Waals surface area contributed by atoms with Gasteiger partial charge in [-0.1, -0.05) is 48.5 Å². The van der Waals surface area contributed by atoms with Crippen LogP contribution in [0, 0.1) is 0 Å². The number of benzene rings is 2. The lowest BCUT2D eigenvalue weighted by Gasteiger charge is -2.15. The van der Waals surface area contributed by atoms with Crippen LogP contribution in [-0.2, 0) is 19.1 Å². The number of rotatable bonds is 4. The second-order valence-electron chi connectivity index (χ2n) is 6.75. The first-order valence-corrected chi connectivity index (χ1v) is 8.75. The van der Waals surface area contributed by atoms with Crippen LogP contribution in [0.25, 0.3) is 16.7 Å². The second kappa shape index (κ2) is 7.16. The smallest absolute Gasteiger partial charge is 0.346 e. The van der Waals surface area contributed by atoms with E-state index in [1.807, 2.05) is 48.5 Å². The zero-order valence-electron chi connectivity index (χ0n) is 15.4. The topological polar surface area (TPSA) is 52.6 Å². The monoisotopic (exact) mass is 350 g/mol. The fraction of sp³-hybridized carbons (Fsp3) is 0.273. The molecule has 0 atom stereocenters. The van der Waals surface area contributed by atoms with Crippen molar-refractivity contribution >= 4 is 17.5 Å². The normalized spacial score (nSPS) is 12.0. The third kappa shape index (κ3) is 3.27. The summed E-state index contributed by atoms with van der Waals surface area (Å²) in [5.74, 6) is -1.32. The zero-order chi connectivity index (χ0) is 18.8. The molecule has 0 fully saturated rings. The number of hydrogen-bond acceptors (Lipinski definition) is 4. The van der Waals surface area contributed by atoms with E-state index in [0.717, 1.165) is 22.3 Å². The van der Waals surface area contributed by atoms with Crippen LogP contribution in [0.4, 0.5) is 0 Å². The third-order valence-corrected chi connectivity index (χ3v) is 4.03. The van der Waals surface area contributed by atoms with Gasteiger partial charge in [-0.25, -0.2) is 9.59 Å². The van der Waals surface area contributed by atoms with Crippen LogP contribution in [0.3, 0.4) is 0 Å². The summed E-state index contributed by atoms with van der Waals surface area (Å²) in [7, 11) is 0. The maximum Gasteiger partial charge on any atom is 0.346 e. The van der Waals surface area contributed by atoms with Crippen molar-refractivity contribution in [2.24, 2.45) is 0 Å². The summed E-state index contributed by atoms with van der Waals surface area (Å²) in [5.41, 5.74) is 4.18. The maximum atomic E-state index is 12.8. The fourth-order valence-corrected chi connectivity index (χ4v) is 3.12. The third-order valence-electron chi connectivity index (χ3n) is 4.03. The van der Waals surface area contributed by atoms with Crippen molar-refractivity contribution in [1.82, 2.24) is 0 Å². The molecule has 4 heteroatoms. The van der Waals surface area contributed by atoms with Gasteiger partial charge < -0.3 is 9.47 Å². The van der Waals surface area contributed by atoms with E-state index < -0.39 is 11.9 Å². The summed E-state index contributed by atoms with van der Waals surface area (Å²) < 4.78 is 10.7. The maximum absolute atomic E-state index is 12.8. The Bertz CT molecular complexity index is 819. The van der Waals surface area contributed by atoms with Gasteiger partial charge in [-0.3, -0.25) is 0 Å². The number of ether oxygens (including phenoxy) is 2. The highest BCUT2D eigenvalue weighted by Gasteiger charge is 2.34. The van der Waals surface area contributed by atoms with Gasteiger partial charge in [0.25, 0.3) is 0 Å². The first-order valence-electron chi connectivity index (χ1n) is 8.75. The van der Waals surface area contributed by atoms with E-state index in [4.69, 9.17) is 9.47 Å². The van der Waals surface area contributed by atoms with Gasteiger partial charge in [0.2, 0.25) is 0 Å². The van der Waals surface area contributed by atoms with Crippen LogP contribution < -0.4 is 0 Å². The number of esters is 2. The van der Waals surface area contributed by atoms with Crippen LogP contribution >= 0.6 is 0 Å². The lowest BCUT2D eigenvalue weighted by molar-refractivity contribution is -0.150. The van der Waals surface area contributed by atoms with Crippen molar-refractivity contribution in [3.05, 3.63) is 65.2 Å². The van der Waals surface area contributed by atoms with Gasteiger partial charge in [0.15, 0.2) is 5.57 Å². The quantitative estimate of drug-likeness (QED) is 0.303. The average Bonchev–Trinajstić information content (AvgIpc) is 2.89. The molecule has 0 spiro atoms. The number of fused-ring (bicyclic) bond motifs is 3. The van der Waals surface area contributed by atoms with Crippen LogP contribution in [0.5, 0.6) is 0 Å². The van der Waals surface area contributed by atoms with E-state index in [1.165, 1.54) is 0 Å². The lowest BCUT2D eigenvalue weighted by atomic mass is 9.98. The summed E-state index contributed by atoms with van der Waals surface area (Å²) in [4.78, 5) is 25.6. The van der Waals surface area contributed by atoms with Gasteiger partial charge in [0, 0.05) is 5.57 Å². The molecule has 0 bridgehead atoms. The van der Waals surface area contributed by atoms with Crippen molar-refractivity contribution in [3.8, 4) is 11.1 Å². The van der Waals surface area contributed by atoms with Crippen molar-refractivity contribution < 1.29 is 19.1 Å². The molecule has 1 aliphatic carbocycles. The predicted octanol–water partition coefficient (Wildman–Crippen LogP) is 4.37. The van der Waals surface area contributed by atoms with E-state index >= 15 is 0 Å². The molecule has 0 radical (unpaired) electrons. The second-order valence-corrected chi connectivity index (χ2v) is 6.75. The van der Waals surface area contributed by atoms with Gasteiger partial charge >= 0.3 is 11.9 Å². The molecule has 2 aromatic carbocycles. The molecule has 0 aliphatic heterocycles. The molecule has 4 nitrogen and oxygen atoms in total. The van der Waals surface area contributed by atoms with E-state index in [-0.39, 0.29) is 17.8 Å². The predicted molar refractivity (Wildman–Crippen MR) is 100 cm³/mol. The summed E-state index contributed by atoms with van der Waals surface area (Å²) in [6.45, 7) is 7.02. The highest BCUT2D eigenvalue weighted by Crippen LogP contribution is 2.45. The minimum absolute atomic E-state index is 0.0511. The molecule has 0 saturated carbocycles. The fourth-order valence-electron chi connectivity index (χ4n) is 3.12. The van der Waals surface area contributed by atoms with E-state index in [2.05, 4.69) is 0 Å². The molecule has 0 N–H and O–H groups in total. The Morgan fingerprint density at radius 3 is 1.35 bits per heavy atom. The first kappa shape index (κ1) is 17.9. The van der Waals surface area contributed by atoms with Crippen LogP contribution in [0.2, 0.25) is 0 Å². The molecule has 26 heavy (non-hydrogen) atoms. The van der Waals surface area contributed by atoms with Crippen molar-refractivity contribution in [2.45, 2.75) is 39.9 Å². The average molecular weight is 350 g/mol. The Morgan fingerprint density at radius 2 is 1.00 bits per heavy atom. The van der Waals surface area contributed by atoms with Crippen molar-refractivity contribution in [1.29, 1.82) is 0 Å². The summed E-state index contributed by atoms with van der Waals surface area (Å²) in [5, 5.41) is 0. The molecule has 0 heterocycles. The molecule has 3 rings (SSSR count). The van der Waals surface area contributed by atoms with Gasteiger partial charge in [-0.2, -0.15) is 0 Å². The van der Waals surface area contributed by atoms with Crippen LogP contribution in [0.1, 0.15) is 38.8 Å². The summed E-state index contributed by atoms with van der Waals surface area (Å²) in [6, 6.07) is 15.5. The minimum atomic E-state index is -0.660. The van der Waals surface area contributed by atoms with Gasteiger partial charge in [0.1, 0.15) is 0 Å². The molecule has 1 aliphatic rings. The molecule has 0 unspecified atom stereocenters. The Balaban J connectivity index is 2.27. The lowest BCUT2D eigenvalue weighted by Crippen LogP contribution is -2.24. The highest BCUT2D eigenvalue weighted by atomic mass is 16.6. The molecular weight excluding hydrogens is 328 g/mol. The Kier molecular flexibility index (Phi) is 4.94. The number of carbonyl (C=O) groups is 2. The molecule has 0 amide bonds. The molecule has 0 aromatic heterocycles. The molecular formula is C22H22O4. The Hall–Kier alpha value is -2.88. The van der Waals surface area contributed by atoms with Crippen LogP contribution in [-0.4, -0.2) is 24.1 Å². The van der Waals surface area contributed by atoms with Gasteiger partial charge in [0.05, 0.1) is 12.2 Å². The molecule has 134 valence electrons. The standard InChI is InChI=1S/C22H22O4/c1-13(2)25-21(23)20(22(24)26-14(3)4)19-17-11-7-5-9-15(17)16-10-6-8-12-18(16)19/h5-14H,1-4H3. The van der Waals surface area contributed by atoms with E-state index in [9.17, 15) is 9.59 Å². The van der Waals surface area contributed by atoms with E-state index in [0.29, 0.717) is 5.57 Å². The van der Waals surface area contributed by atoms with Crippen molar-refractivity contribution in [2.75, 3.05) is 0 Å². The molecule has 0 saturated heterocycles.